The highest BCUT2D eigenvalue weighted by Crippen LogP contribution is 2.38. The molecule has 3 rings (SSSR count). The number of amides is 1. The molecule has 2 aromatic rings. The zero-order valence-corrected chi connectivity index (χ0v) is 19.2. The highest BCUT2D eigenvalue weighted by molar-refractivity contribution is 7.91. The fourth-order valence-electron chi connectivity index (χ4n) is 3.41. The third-order valence-corrected chi connectivity index (χ3v) is 6.28. The molecule has 1 aliphatic rings. The van der Waals surface area contributed by atoms with Crippen molar-refractivity contribution < 1.29 is 27.4 Å². The summed E-state index contributed by atoms with van der Waals surface area (Å²) in [4.78, 5) is 14.5. The third-order valence-electron chi connectivity index (χ3n) is 5.02. The molecule has 1 aliphatic heterocycles. The summed E-state index contributed by atoms with van der Waals surface area (Å²) in [5.74, 6) is 1.19. The van der Waals surface area contributed by atoms with Crippen LogP contribution in [0.3, 0.4) is 0 Å². The average molecular weight is 449 g/mol. The lowest BCUT2D eigenvalue weighted by Gasteiger charge is -2.26. The van der Waals surface area contributed by atoms with E-state index in [-0.39, 0.29) is 18.3 Å². The number of benzene rings is 2. The summed E-state index contributed by atoms with van der Waals surface area (Å²) >= 11 is 0. The second-order valence-electron chi connectivity index (χ2n) is 7.99. The molecule has 0 radical (unpaired) electrons. The Bertz CT molecular complexity index is 1060. The molecule has 168 valence electrons. The lowest BCUT2D eigenvalue weighted by atomic mass is 9.93. The Morgan fingerprint density at radius 1 is 1.10 bits per heavy atom. The van der Waals surface area contributed by atoms with Crippen molar-refractivity contribution in [3.8, 4) is 17.2 Å². The maximum Gasteiger partial charge on any atom is 0.236 e. The van der Waals surface area contributed by atoms with Gasteiger partial charge >= 0.3 is 0 Å². The Kier molecular flexibility index (Phi) is 6.35. The Balaban J connectivity index is 1.85. The van der Waals surface area contributed by atoms with Gasteiger partial charge in [0.05, 0.1) is 36.8 Å². The number of rotatable bonds is 7. The molecule has 0 fully saturated rings. The fourth-order valence-corrected chi connectivity index (χ4v) is 4.57. The largest absolute Gasteiger partial charge is 0.497 e. The van der Waals surface area contributed by atoms with Crippen LogP contribution >= 0.6 is 0 Å². The summed E-state index contributed by atoms with van der Waals surface area (Å²) in [6.07, 6.45) is 0. The lowest BCUT2D eigenvalue weighted by Crippen LogP contribution is -2.42. The topological polar surface area (TPSA) is 94.2 Å². The zero-order valence-electron chi connectivity index (χ0n) is 18.4. The van der Waals surface area contributed by atoms with E-state index in [2.05, 4.69) is 4.72 Å². The lowest BCUT2D eigenvalue weighted by molar-refractivity contribution is -0.127. The van der Waals surface area contributed by atoms with Crippen molar-refractivity contribution in [2.75, 3.05) is 37.0 Å². The Morgan fingerprint density at radius 3 is 2.32 bits per heavy atom. The molecule has 0 atom stereocenters. The van der Waals surface area contributed by atoms with Crippen LogP contribution in [-0.2, 0) is 20.6 Å². The van der Waals surface area contributed by atoms with Gasteiger partial charge in [0.1, 0.15) is 23.9 Å². The van der Waals surface area contributed by atoms with Crippen molar-refractivity contribution in [1.82, 2.24) is 0 Å². The number of fused-ring (bicyclic) bond motifs is 1. The molecule has 0 unspecified atom stereocenters. The molecular formula is C22H28N2O6S. The third kappa shape index (κ3) is 5.04. The number of sulfonamides is 1. The molecule has 0 saturated heterocycles. The van der Waals surface area contributed by atoms with Crippen LogP contribution in [0.15, 0.2) is 36.4 Å². The minimum atomic E-state index is -3.72. The van der Waals surface area contributed by atoms with Crippen LogP contribution in [0.4, 0.5) is 11.4 Å². The van der Waals surface area contributed by atoms with Gasteiger partial charge in [-0.25, -0.2) is 8.42 Å². The van der Waals surface area contributed by atoms with E-state index in [0.29, 0.717) is 40.7 Å². The average Bonchev–Trinajstić information content (AvgIpc) is 2.81. The Morgan fingerprint density at radius 2 is 1.74 bits per heavy atom. The quantitative estimate of drug-likeness (QED) is 0.698. The molecular weight excluding hydrogens is 420 g/mol. The summed E-state index contributed by atoms with van der Waals surface area (Å²) in [6, 6.07) is 9.90. The van der Waals surface area contributed by atoms with E-state index in [1.807, 2.05) is 20.8 Å². The molecule has 0 aliphatic carbocycles. The van der Waals surface area contributed by atoms with Gasteiger partial charge in [-0.2, -0.15) is 0 Å². The highest BCUT2D eigenvalue weighted by Gasteiger charge is 2.37. The number of hydrogen-bond donors (Lipinski definition) is 1. The van der Waals surface area contributed by atoms with Crippen molar-refractivity contribution >= 4 is 27.3 Å². The zero-order chi connectivity index (χ0) is 22.8. The molecule has 0 spiro atoms. The van der Waals surface area contributed by atoms with E-state index in [1.54, 1.807) is 41.3 Å². The standard InChI is InChI=1S/C22H28N2O6S/c1-6-24-19-8-7-16(11-20(19)30-14-22(2,3)21(24)25)23-31(26,27)13-15-9-17(28-4)12-18(10-15)29-5/h7-12,23H,6,13-14H2,1-5H3. The molecule has 8 nitrogen and oxygen atoms in total. The van der Waals surface area contributed by atoms with Gasteiger partial charge in [-0.3, -0.25) is 9.52 Å². The van der Waals surface area contributed by atoms with Crippen LogP contribution in [0, 0.1) is 5.41 Å². The monoisotopic (exact) mass is 448 g/mol. The first-order valence-corrected chi connectivity index (χ1v) is 11.5. The molecule has 0 aromatic heterocycles. The van der Waals surface area contributed by atoms with Crippen LogP contribution < -0.4 is 23.8 Å². The van der Waals surface area contributed by atoms with Crippen molar-refractivity contribution in [2.45, 2.75) is 26.5 Å². The first-order valence-electron chi connectivity index (χ1n) is 9.90. The van der Waals surface area contributed by atoms with Crippen LogP contribution in [0.5, 0.6) is 17.2 Å². The number of carbonyl (C=O) groups is 1. The van der Waals surface area contributed by atoms with Gasteiger partial charge in [0.2, 0.25) is 15.9 Å². The second-order valence-corrected chi connectivity index (χ2v) is 9.71. The van der Waals surface area contributed by atoms with Gasteiger partial charge in [0, 0.05) is 18.7 Å². The van der Waals surface area contributed by atoms with Gasteiger partial charge in [-0.15, -0.1) is 0 Å². The van der Waals surface area contributed by atoms with Gasteiger partial charge in [0.25, 0.3) is 0 Å². The van der Waals surface area contributed by atoms with E-state index >= 15 is 0 Å². The van der Waals surface area contributed by atoms with Gasteiger partial charge in [-0.1, -0.05) is 0 Å². The van der Waals surface area contributed by atoms with Crippen molar-refractivity contribution in [3.05, 3.63) is 42.0 Å². The molecule has 2 aromatic carbocycles. The predicted octanol–water partition coefficient (Wildman–Crippen LogP) is 3.42. The Hall–Kier alpha value is -2.94. The Labute approximate surface area is 183 Å². The van der Waals surface area contributed by atoms with E-state index in [0.717, 1.165) is 0 Å². The molecule has 1 N–H and O–H groups in total. The fraction of sp³-hybridized carbons (Fsp3) is 0.409. The SMILES string of the molecule is CCN1C(=O)C(C)(C)COc2cc(NS(=O)(=O)Cc3cc(OC)cc(OC)c3)ccc21. The molecule has 1 heterocycles. The van der Waals surface area contributed by atoms with Gasteiger partial charge < -0.3 is 19.1 Å². The van der Waals surface area contributed by atoms with Gasteiger partial charge in [0.15, 0.2) is 0 Å². The minimum Gasteiger partial charge on any atom is -0.497 e. The van der Waals surface area contributed by atoms with Crippen LogP contribution in [0.2, 0.25) is 0 Å². The van der Waals surface area contributed by atoms with Gasteiger partial charge in [-0.05, 0) is 50.6 Å². The second kappa shape index (κ2) is 8.66. The minimum absolute atomic E-state index is 0.0333. The van der Waals surface area contributed by atoms with E-state index in [4.69, 9.17) is 14.2 Å². The number of methoxy groups -OCH3 is 2. The molecule has 0 bridgehead atoms. The molecule has 0 saturated carbocycles. The molecule has 9 heteroatoms. The van der Waals surface area contributed by atoms with E-state index < -0.39 is 15.4 Å². The summed E-state index contributed by atoms with van der Waals surface area (Å²) in [5.41, 5.74) is 0.828. The predicted molar refractivity (Wildman–Crippen MR) is 120 cm³/mol. The summed E-state index contributed by atoms with van der Waals surface area (Å²) in [5, 5.41) is 0. The summed E-state index contributed by atoms with van der Waals surface area (Å²) < 4.78 is 44.4. The summed E-state index contributed by atoms with van der Waals surface area (Å²) in [7, 11) is -0.710. The maximum atomic E-state index is 12.8. The number of hydrogen-bond acceptors (Lipinski definition) is 6. The van der Waals surface area contributed by atoms with Crippen molar-refractivity contribution in [1.29, 1.82) is 0 Å². The normalized spacial score (nSPS) is 15.5. The molecule has 31 heavy (non-hydrogen) atoms. The van der Waals surface area contributed by atoms with Crippen molar-refractivity contribution in [3.63, 3.8) is 0 Å². The summed E-state index contributed by atoms with van der Waals surface area (Å²) in [6.45, 7) is 6.24. The smallest absolute Gasteiger partial charge is 0.236 e. The number of nitrogens with zero attached hydrogens (tertiary/aromatic N) is 1. The maximum absolute atomic E-state index is 12.8. The van der Waals surface area contributed by atoms with Crippen LogP contribution in [0.25, 0.3) is 0 Å². The van der Waals surface area contributed by atoms with Crippen molar-refractivity contribution in [2.24, 2.45) is 5.41 Å². The molecule has 1 amide bonds. The first-order chi connectivity index (χ1) is 14.6. The van der Waals surface area contributed by atoms with Crippen LogP contribution in [0.1, 0.15) is 26.3 Å². The van der Waals surface area contributed by atoms with E-state index in [9.17, 15) is 13.2 Å². The van der Waals surface area contributed by atoms with Crippen LogP contribution in [-0.4, -0.2) is 41.7 Å². The number of anilines is 2. The first kappa shape index (κ1) is 22.7. The van der Waals surface area contributed by atoms with E-state index in [1.165, 1.54) is 14.2 Å². The number of carbonyl (C=O) groups excluding carboxylic acids is 1. The number of ether oxygens (including phenoxy) is 3. The highest BCUT2D eigenvalue weighted by atomic mass is 32.2. The number of nitrogens with one attached hydrogen (secondary N) is 1.